The van der Waals surface area contributed by atoms with Crippen LogP contribution in [0.2, 0.25) is 5.02 Å². The predicted molar refractivity (Wildman–Crippen MR) is 109 cm³/mol. The molecule has 6 heteroatoms. The van der Waals surface area contributed by atoms with Gasteiger partial charge in [0.15, 0.2) is 0 Å². The lowest BCUT2D eigenvalue weighted by molar-refractivity contribution is -0.121. The number of thiazole rings is 1. The van der Waals surface area contributed by atoms with Gasteiger partial charge in [0.25, 0.3) is 0 Å². The normalized spacial score (nSPS) is 11.8. The highest BCUT2D eigenvalue weighted by Crippen LogP contribution is 2.22. The number of carbonyl (C=O) groups excluding carboxylic acids is 1. The number of halogens is 1. The maximum Gasteiger partial charge on any atom is 0.226 e. The molecular formula is C21H21ClN2O2S. The van der Waals surface area contributed by atoms with Crippen molar-refractivity contribution in [1.82, 2.24) is 10.3 Å². The van der Waals surface area contributed by atoms with Crippen LogP contribution in [0.1, 0.15) is 34.8 Å². The molecule has 0 unspecified atom stereocenters. The fourth-order valence-corrected chi connectivity index (χ4v) is 3.45. The van der Waals surface area contributed by atoms with Crippen molar-refractivity contribution in [2.75, 3.05) is 0 Å². The minimum absolute atomic E-state index is 0.0340. The number of hydrogen-bond acceptors (Lipinski definition) is 4. The molecule has 1 N–H and O–H groups in total. The third-order valence-corrected chi connectivity index (χ3v) is 5.40. The number of benzene rings is 2. The third kappa shape index (κ3) is 5.55. The fourth-order valence-electron chi connectivity index (χ4n) is 2.63. The molecule has 0 saturated heterocycles. The first-order valence-corrected chi connectivity index (χ1v) is 9.93. The van der Waals surface area contributed by atoms with Gasteiger partial charge in [0.05, 0.1) is 18.2 Å². The number of ether oxygens (including phenoxy) is 1. The molecule has 1 heterocycles. The Morgan fingerprint density at radius 3 is 2.78 bits per heavy atom. The molecule has 0 aliphatic heterocycles. The van der Waals surface area contributed by atoms with E-state index in [0.717, 1.165) is 32.6 Å². The SMILES string of the molecule is Cc1cc(OCc2nc(CC(=O)N[C@@H](C)c3ccccc3)cs2)ccc1Cl. The Morgan fingerprint density at radius 2 is 2.04 bits per heavy atom. The molecule has 3 aromatic rings. The predicted octanol–water partition coefficient (Wildman–Crippen LogP) is 5.10. The van der Waals surface area contributed by atoms with Crippen LogP contribution in [0.3, 0.4) is 0 Å². The topological polar surface area (TPSA) is 51.2 Å². The van der Waals surface area contributed by atoms with E-state index in [1.807, 2.05) is 67.8 Å². The zero-order valence-corrected chi connectivity index (χ0v) is 16.8. The standard InChI is InChI=1S/C21H21ClN2O2S/c1-14-10-18(8-9-19(14)22)26-12-21-24-17(13-27-21)11-20(25)23-15(2)16-6-4-3-5-7-16/h3-10,13,15H,11-12H2,1-2H3,(H,23,25)/t15-/m0/s1. The van der Waals surface area contributed by atoms with Gasteiger partial charge in [-0.05, 0) is 43.2 Å². The largest absolute Gasteiger partial charge is 0.486 e. The van der Waals surface area contributed by atoms with Gasteiger partial charge < -0.3 is 10.1 Å². The number of nitrogens with one attached hydrogen (secondary N) is 1. The van der Waals surface area contributed by atoms with E-state index in [9.17, 15) is 4.79 Å². The minimum atomic E-state index is -0.0440. The molecule has 0 aliphatic carbocycles. The lowest BCUT2D eigenvalue weighted by Gasteiger charge is -2.13. The third-order valence-electron chi connectivity index (χ3n) is 4.11. The zero-order valence-electron chi connectivity index (χ0n) is 15.2. The number of aromatic nitrogens is 1. The summed E-state index contributed by atoms with van der Waals surface area (Å²) in [5, 5.41) is 6.46. The van der Waals surface area contributed by atoms with Crippen LogP contribution in [0.5, 0.6) is 5.75 Å². The van der Waals surface area contributed by atoms with E-state index in [1.54, 1.807) is 0 Å². The van der Waals surface area contributed by atoms with Gasteiger partial charge in [-0.2, -0.15) is 0 Å². The quantitative estimate of drug-likeness (QED) is 0.600. The van der Waals surface area contributed by atoms with E-state index in [1.165, 1.54) is 11.3 Å². The lowest BCUT2D eigenvalue weighted by atomic mass is 10.1. The van der Waals surface area contributed by atoms with Crippen molar-refractivity contribution in [3.05, 3.63) is 80.8 Å². The summed E-state index contributed by atoms with van der Waals surface area (Å²) in [7, 11) is 0. The molecule has 4 nitrogen and oxygen atoms in total. The first-order valence-electron chi connectivity index (χ1n) is 8.68. The number of aryl methyl sites for hydroxylation is 1. The Bertz CT molecular complexity index is 912. The smallest absolute Gasteiger partial charge is 0.226 e. The van der Waals surface area contributed by atoms with Gasteiger partial charge >= 0.3 is 0 Å². The molecule has 27 heavy (non-hydrogen) atoms. The van der Waals surface area contributed by atoms with E-state index in [0.29, 0.717) is 6.61 Å². The molecular weight excluding hydrogens is 380 g/mol. The van der Waals surface area contributed by atoms with E-state index in [-0.39, 0.29) is 18.4 Å². The summed E-state index contributed by atoms with van der Waals surface area (Å²) in [6.45, 7) is 4.28. The summed E-state index contributed by atoms with van der Waals surface area (Å²) in [6.07, 6.45) is 0.258. The summed E-state index contributed by atoms with van der Waals surface area (Å²) in [6, 6.07) is 15.4. The van der Waals surface area contributed by atoms with E-state index in [2.05, 4.69) is 10.3 Å². The second-order valence-electron chi connectivity index (χ2n) is 6.31. The van der Waals surface area contributed by atoms with E-state index in [4.69, 9.17) is 16.3 Å². The number of hydrogen-bond donors (Lipinski definition) is 1. The molecule has 0 spiro atoms. The van der Waals surface area contributed by atoms with E-state index < -0.39 is 0 Å². The maximum atomic E-state index is 12.3. The Hall–Kier alpha value is -2.37. The van der Waals surface area contributed by atoms with Gasteiger partial charge in [-0.3, -0.25) is 4.79 Å². The summed E-state index contributed by atoms with van der Waals surface area (Å²) >= 11 is 7.51. The van der Waals surface area contributed by atoms with Crippen LogP contribution in [0.25, 0.3) is 0 Å². The van der Waals surface area contributed by atoms with Crippen molar-refractivity contribution in [2.45, 2.75) is 32.9 Å². The molecule has 0 saturated carbocycles. The van der Waals surface area contributed by atoms with Crippen molar-refractivity contribution in [1.29, 1.82) is 0 Å². The molecule has 3 rings (SSSR count). The molecule has 1 aromatic heterocycles. The van der Waals surface area contributed by atoms with Crippen molar-refractivity contribution < 1.29 is 9.53 Å². The van der Waals surface area contributed by atoms with Crippen LogP contribution in [0, 0.1) is 6.92 Å². The van der Waals surface area contributed by atoms with Gasteiger partial charge in [-0.25, -0.2) is 4.98 Å². The van der Waals surface area contributed by atoms with Gasteiger partial charge in [-0.15, -0.1) is 11.3 Å². The van der Waals surface area contributed by atoms with Crippen molar-refractivity contribution in [3.8, 4) is 5.75 Å². The van der Waals surface area contributed by atoms with E-state index >= 15 is 0 Å². The summed E-state index contributed by atoms with van der Waals surface area (Å²) < 4.78 is 5.76. The Kier molecular flexibility index (Phi) is 6.48. The van der Waals surface area contributed by atoms with Crippen LogP contribution in [-0.4, -0.2) is 10.9 Å². The van der Waals surface area contributed by atoms with Crippen molar-refractivity contribution in [3.63, 3.8) is 0 Å². The number of carbonyl (C=O) groups is 1. The van der Waals surface area contributed by atoms with Crippen LogP contribution >= 0.6 is 22.9 Å². The zero-order chi connectivity index (χ0) is 19.2. The van der Waals surface area contributed by atoms with Crippen LogP contribution < -0.4 is 10.1 Å². The van der Waals surface area contributed by atoms with Crippen LogP contribution in [0.4, 0.5) is 0 Å². The number of amides is 1. The first kappa shape index (κ1) is 19.4. The average Bonchev–Trinajstić information content (AvgIpc) is 3.10. The molecule has 0 fully saturated rings. The van der Waals surface area contributed by atoms with Crippen molar-refractivity contribution in [2.24, 2.45) is 0 Å². The van der Waals surface area contributed by atoms with Gasteiger partial charge in [0.1, 0.15) is 17.4 Å². The second-order valence-corrected chi connectivity index (χ2v) is 7.66. The number of nitrogens with zero attached hydrogens (tertiary/aromatic N) is 1. The van der Waals surface area contributed by atoms with Gasteiger partial charge in [0.2, 0.25) is 5.91 Å². The monoisotopic (exact) mass is 400 g/mol. The molecule has 0 radical (unpaired) electrons. The number of rotatable bonds is 7. The first-order chi connectivity index (χ1) is 13.0. The highest BCUT2D eigenvalue weighted by molar-refractivity contribution is 7.09. The molecule has 1 amide bonds. The molecule has 0 aliphatic rings. The Morgan fingerprint density at radius 1 is 1.26 bits per heavy atom. The lowest BCUT2D eigenvalue weighted by Crippen LogP contribution is -2.28. The van der Waals surface area contributed by atoms with Crippen LogP contribution in [0.15, 0.2) is 53.9 Å². The summed E-state index contributed by atoms with van der Waals surface area (Å²) in [5.41, 5.74) is 2.80. The summed E-state index contributed by atoms with van der Waals surface area (Å²) in [5.74, 6) is 0.709. The molecule has 140 valence electrons. The average molecular weight is 401 g/mol. The maximum absolute atomic E-state index is 12.3. The van der Waals surface area contributed by atoms with Gasteiger partial charge in [0, 0.05) is 10.4 Å². The fraction of sp³-hybridized carbons (Fsp3) is 0.238. The Balaban J connectivity index is 1.51. The highest BCUT2D eigenvalue weighted by atomic mass is 35.5. The van der Waals surface area contributed by atoms with Gasteiger partial charge in [-0.1, -0.05) is 41.9 Å². The Labute approximate surface area is 168 Å². The highest BCUT2D eigenvalue weighted by Gasteiger charge is 2.12. The molecule has 1 atom stereocenters. The minimum Gasteiger partial charge on any atom is -0.486 e. The second kappa shape index (κ2) is 9.02. The molecule has 0 bridgehead atoms. The summed E-state index contributed by atoms with van der Waals surface area (Å²) in [4.78, 5) is 16.8. The van der Waals surface area contributed by atoms with Crippen LogP contribution in [-0.2, 0) is 17.8 Å². The molecule has 2 aromatic carbocycles. The van der Waals surface area contributed by atoms with Crippen molar-refractivity contribution >= 4 is 28.8 Å².